The Morgan fingerprint density at radius 3 is 2.65 bits per heavy atom. The van der Waals surface area contributed by atoms with Gasteiger partial charge in [-0.2, -0.15) is 0 Å². The fourth-order valence-electron chi connectivity index (χ4n) is 2.97. The van der Waals surface area contributed by atoms with E-state index < -0.39 is 0 Å². The first kappa shape index (κ1) is 20.4. The fraction of sp³-hybridized carbons (Fsp3) is 0.389. The van der Waals surface area contributed by atoms with Crippen molar-refractivity contribution in [3.05, 3.63) is 45.9 Å². The number of benzene rings is 1. The minimum Gasteiger partial charge on any atom is -0.336 e. The number of rotatable bonds is 4. The summed E-state index contributed by atoms with van der Waals surface area (Å²) in [5, 5.41) is 5.20. The number of carbonyl (C=O) groups excluding carboxylic acids is 2. The summed E-state index contributed by atoms with van der Waals surface area (Å²) in [5.41, 5.74) is 7.15. The molecule has 0 radical (unpaired) electrons. The van der Waals surface area contributed by atoms with Gasteiger partial charge in [0.15, 0.2) is 0 Å². The number of thiazole rings is 1. The minimum atomic E-state index is -0.278. The third-order valence-electron chi connectivity index (χ3n) is 4.41. The number of nitrogens with one attached hydrogen (secondary N) is 1. The Morgan fingerprint density at radius 1 is 1.31 bits per heavy atom. The van der Waals surface area contributed by atoms with E-state index in [1.54, 1.807) is 29.6 Å². The topological polar surface area (TPSA) is 88.3 Å². The van der Waals surface area contributed by atoms with Crippen molar-refractivity contribution in [3.8, 4) is 0 Å². The van der Waals surface area contributed by atoms with E-state index in [0.29, 0.717) is 23.5 Å². The Balaban J connectivity index is 0.00000243. The molecule has 1 unspecified atom stereocenters. The molecule has 3 rings (SSSR count). The molecule has 6 nitrogen and oxygen atoms in total. The molecule has 3 N–H and O–H groups in total. The molecule has 1 aliphatic heterocycles. The number of nitrogens with two attached hydrogens (primary N) is 1. The summed E-state index contributed by atoms with van der Waals surface area (Å²) in [5.74, 6) is -0.225. The van der Waals surface area contributed by atoms with Crippen molar-refractivity contribution in [2.75, 3.05) is 11.9 Å². The zero-order valence-corrected chi connectivity index (χ0v) is 16.2. The zero-order valence-electron chi connectivity index (χ0n) is 14.6. The third kappa shape index (κ3) is 4.60. The Morgan fingerprint density at radius 2 is 2.04 bits per heavy atom. The van der Waals surface area contributed by atoms with Gasteiger partial charge in [-0.1, -0.05) is 0 Å². The summed E-state index contributed by atoms with van der Waals surface area (Å²) in [6.07, 6.45) is 3.29. The van der Waals surface area contributed by atoms with Crippen molar-refractivity contribution in [1.29, 1.82) is 0 Å². The van der Waals surface area contributed by atoms with E-state index in [9.17, 15) is 9.59 Å². The summed E-state index contributed by atoms with van der Waals surface area (Å²) in [4.78, 5) is 30.9. The maximum atomic E-state index is 12.6. The Hall–Kier alpha value is -1.96. The largest absolute Gasteiger partial charge is 0.336 e. The van der Waals surface area contributed by atoms with E-state index in [0.717, 1.165) is 24.4 Å². The van der Waals surface area contributed by atoms with Crippen LogP contribution in [0.4, 0.5) is 5.69 Å². The van der Waals surface area contributed by atoms with Gasteiger partial charge in [0.2, 0.25) is 0 Å². The van der Waals surface area contributed by atoms with Gasteiger partial charge in [0.25, 0.3) is 11.8 Å². The smallest absolute Gasteiger partial charge is 0.275 e. The molecule has 140 valence electrons. The fourth-order valence-corrected chi connectivity index (χ4v) is 3.62. The monoisotopic (exact) mass is 394 g/mol. The number of carbonyl (C=O) groups is 2. The van der Waals surface area contributed by atoms with Crippen LogP contribution in [0.3, 0.4) is 0 Å². The van der Waals surface area contributed by atoms with Crippen LogP contribution >= 0.6 is 23.7 Å². The predicted molar refractivity (Wildman–Crippen MR) is 106 cm³/mol. The van der Waals surface area contributed by atoms with Gasteiger partial charge in [0, 0.05) is 35.8 Å². The summed E-state index contributed by atoms with van der Waals surface area (Å²) in [6, 6.07) is 7.28. The molecule has 2 amide bonds. The Bertz CT molecular complexity index is 763. The number of likely N-dealkylation sites (tertiary alicyclic amines) is 1. The molecule has 1 aliphatic rings. The number of piperidine rings is 1. The van der Waals surface area contributed by atoms with E-state index in [4.69, 9.17) is 5.73 Å². The first-order valence-corrected chi connectivity index (χ1v) is 9.33. The van der Waals surface area contributed by atoms with Gasteiger partial charge in [0.05, 0.1) is 0 Å². The summed E-state index contributed by atoms with van der Waals surface area (Å²) in [6.45, 7) is 3.23. The first-order chi connectivity index (χ1) is 12.1. The lowest BCUT2D eigenvalue weighted by Crippen LogP contribution is -2.42. The summed E-state index contributed by atoms with van der Waals surface area (Å²) < 4.78 is 0. The van der Waals surface area contributed by atoms with Crippen LogP contribution in [0.2, 0.25) is 0 Å². The lowest BCUT2D eigenvalue weighted by atomic mass is 10.0. The van der Waals surface area contributed by atoms with Crippen molar-refractivity contribution in [2.24, 2.45) is 5.73 Å². The molecule has 1 fully saturated rings. The van der Waals surface area contributed by atoms with Crippen LogP contribution < -0.4 is 11.1 Å². The van der Waals surface area contributed by atoms with Gasteiger partial charge in [-0.15, -0.1) is 23.7 Å². The summed E-state index contributed by atoms with van der Waals surface area (Å²) in [7, 11) is 0. The predicted octanol–water partition coefficient (Wildman–Crippen LogP) is 3.29. The third-order valence-corrected chi connectivity index (χ3v) is 5.28. The number of amides is 2. The second-order valence-corrected chi connectivity index (χ2v) is 7.15. The molecule has 0 bridgehead atoms. The Labute approximate surface area is 163 Å². The Kier molecular flexibility index (Phi) is 7.14. The van der Waals surface area contributed by atoms with Gasteiger partial charge in [0.1, 0.15) is 10.7 Å². The van der Waals surface area contributed by atoms with Crippen LogP contribution in [-0.2, 0) is 6.54 Å². The number of hydrogen-bond donors (Lipinski definition) is 2. The van der Waals surface area contributed by atoms with Crippen molar-refractivity contribution in [3.63, 3.8) is 0 Å². The van der Waals surface area contributed by atoms with Gasteiger partial charge in [-0.05, 0) is 50.5 Å². The molecule has 0 aliphatic carbocycles. The highest BCUT2D eigenvalue weighted by Gasteiger charge is 2.24. The quantitative estimate of drug-likeness (QED) is 0.832. The van der Waals surface area contributed by atoms with Crippen LogP contribution in [0.5, 0.6) is 0 Å². The highest BCUT2D eigenvalue weighted by atomic mass is 35.5. The second-order valence-electron chi connectivity index (χ2n) is 6.21. The molecule has 0 saturated carbocycles. The number of halogens is 1. The van der Waals surface area contributed by atoms with Crippen LogP contribution in [0.15, 0.2) is 29.6 Å². The number of anilines is 1. The molecule has 1 aromatic heterocycles. The highest BCUT2D eigenvalue weighted by molar-refractivity contribution is 7.09. The van der Waals surface area contributed by atoms with Gasteiger partial charge in [-0.25, -0.2) is 4.98 Å². The molecule has 1 saturated heterocycles. The lowest BCUT2D eigenvalue weighted by Gasteiger charge is -2.33. The normalized spacial score (nSPS) is 16.7. The van der Waals surface area contributed by atoms with E-state index in [1.807, 2.05) is 4.90 Å². The SMILES string of the molecule is CC1CCCCN1C(=O)c1ccc(NC(=O)c2csc(CN)n2)cc1.Cl. The van der Waals surface area contributed by atoms with Crippen LogP contribution in [0.1, 0.15) is 52.0 Å². The average molecular weight is 395 g/mol. The molecule has 2 heterocycles. The van der Waals surface area contributed by atoms with Crippen molar-refractivity contribution < 1.29 is 9.59 Å². The van der Waals surface area contributed by atoms with E-state index in [2.05, 4.69) is 17.2 Å². The maximum absolute atomic E-state index is 12.6. The molecule has 0 spiro atoms. The first-order valence-electron chi connectivity index (χ1n) is 8.45. The molecule has 8 heteroatoms. The average Bonchev–Trinajstić information content (AvgIpc) is 3.11. The molecule has 26 heavy (non-hydrogen) atoms. The van der Waals surface area contributed by atoms with Crippen molar-refractivity contribution in [1.82, 2.24) is 9.88 Å². The van der Waals surface area contributed by atoms with E-state index >= 15 is 0 Å². The molecule has 1 aromatic carbocycles. The second kappa shape index (κ2) is 9.12. The van der Waals surface area contributed by atoms with E-state index in [-0.39, 0.29) is 30.3 Å². The maximum Gasteiger partial charge on any atom is 0.275 e. The number of aromatic nitrogens is 1. The minimum absolute atomic E-state index is 0. The van der Waals surface area contributed by atoms with E-state index in [1.165, 1.54) is 17.8 Å². The van der Waals surface area contributed by atoms with Gasteiger partial charge < -0.3 is 16.0 Å². The van der Waals surface area contributed by atoms with Crippen LogP contribution in [0, 0.1) is 0 Å². The van der Waals surface area contributed by atoms with Crippen molar-refractivity contribution >= 4 is 41.2 Å². The molecule has 2 aromatic rings. The number of nitrogens with zero attached hydrogens (tertiary/aromatic N) is 2. The molecular formula is C18H23ClN4O2S. The molecule has 1 atom stereocenters. The number of hydrogen-bond acceptors (Lipinski definition) is 5. The van der Waals surface area contributed by atoms with Crippen LogP contribution in [-0.4, -0.2) is 34.3 Å². The molecular weight excluding hydrogens is 372 g/mol. The highest BCUT2D eigenvalue weighted by Crippen LogP contribution is 2.20. The zero-order chi connectivity index (χ0) is 17.8. The lowest BCUT2D eigenvalue weighted by molar-refractivity contribution is 0.0635. The van der Waals surface area contributed by atoms with Crippen molar-refractivity contribution in [2.45, 2.75) is 38.8 Å². The van der Waals surface area contributed by atoms with Gasteiger partial charge in [-0.3, -0.25) is 9.59 Å². The van der Waals surface area contributed by atoms with Crippen LogP contribution in [0.25, 0.3) is 0 Å². The summed E-state index contributed by atoms with van der Waals surface area (Å²) >= 11 is 1.36. The van der Waals surface area contributed by atoms with Gasteiger partial charge >= 0.3 is 0 Å². The standard InChI is InChI=1S/C18H22N4O2S.ClH/c1-12-4-2-3-9-22(12)18(24)13-5-7-14(8-6-13)20-17(23)15-11-25-16(10-19)21-15;/h5-8,11-12H,2-4,9-10,19H2,1H3,(H,20,23);1H.